The number of nitrogens with zero attached hydrogens (tertiary/aromatic N) is 3. The highest BCUT2D eigenvalue weighted by Gasteiger charge is 2.21. The predicted octanol–water partition coefficient (Wildman–Crippen LogP) is 10.2. The quantitative estimate of drug-likeness (QED) is 0.203. The minimum absolute atomic E-state index is 0.660. The molecule has 5 heteroatoms. The van der Waals surface area contributed by atoms with Crippen LogP contribution < -0.4 is 0 Å². The summed E-state index contributed by atoms with van der Waals surface area (Å²) in [4.78, 5) is 16.7. The molecule has 3 nitrogen and oxygen atoms in total. The summed E-state index contributed by atoms with van der Waals surface area (Å²) in [6, 6.07) is 40.5. The molecule has 4 heterocycles. The van der Waals surface area contributed by atoms with Gasteiger partial charge in [0.2, 0.25) is 0 Å². The van der Waals surface area contributed by atoms with E-state index in [0.717, 1.165) is 43.5 Å². The second-order valence-corrected chi connectivity index (χ2v) is 12.1. The van der Waals surface area contributed by atoms with Crippen LogP contribution in [-0.4, -0.2) is 15.0 Å². The topological polar surface area (TPSA) is 38.7 Å². The Kier molecular flexibility index (Phi) is 4.65. The van der Waals surface area contributed by atoms with Gasteiger partial charge >= 0.3 is 0 Å². The van der Waals surface area contributed by atoms with Crippen LogP contribution in [-0.2, 0) is 0 Å². The van der Waals surface area contributed by atoms with Gasteiger partial charge in [0.05, 0.1) is 11.2 Å². The van der Waals surface area contributed by atoms with Crippen LogP contribution in [0.25, 0.3) is 84.9 Å². The van der Waals surface area contributed by atoms with E-state index in [-0.39, 0.29) is 0 Å². The summed E-state index contributed by atoms with van der Waals surface area (Å²) in [5.41, 5.74) is 3.80. The maximum atomic E-state index is 5.29. The maximum absolute atomic E-state index is 5.29. The molecule has 186 valence electrons. The van der Waals surface area contributed by atoms with Gasteiger partial charge in [0.15, 0.2) is 5.82 Å². The Morgan fingerprint density at radius 3 is 1.90 bits per heavy atom. The van der Waals surface area contributed by atoms with Gasteiger partial charge in [0.25, 0.3) is 0 Å². The summed E-state index contributed by atoms with van der Waals surface area (Å²) >= 11 is 3.56. The summed E-state index contributed by atoms with van der Waals surface area (Å²) in [5.74, 6) is 0.660. The molecule has 0 saturated carbocycles. The molecule has 0 aliphatic heterocycles. The predicted molar refractivity (Wildman–Crippen MR) is 171 cm³/mol. The van der Waals surface area contributed by atoms with E-state index in [1.54, 1.807) is 11.3 Å². The second-order valence-electron chi connectivity index (χ2n) is 9.98. The van der Waals surface area contributed by atoms with Crippen molar-refractivity contribution in [1.82, 2.24) is 15.0 Å². The second kappa shape index (κ2) is 8.39. The van der Waals surface area contributed by atoms with Gasteiger partial charge in [0.1, 0.15) is 10.5 Å². The Labute approximate surface area is 237 Å². The lowest BCUT2D eigenvalue weighted by Gasteiger charge is -2.12. The van der Waals surface area contributed by atoms with E-state index >= 15 is 0 Å². The number of aromatic nitrogens is 3. The summed E-state index contributed by atoms with van der Waals surface area (Å²) in [6.45, 7) is 0. The van der Waals surface area contributed by atoms with E-state index in [1.165, 1.54) is 35.6 Å². The van der Waals surface area contributed by atoms with E-state index in [9.17, 15) is 0 Å². The van der Waals surface area contributed by atoms with Crippen LogP contribution in [0.2, 0.25) is 0 Å². The first-order chi connectivity index (χ1) is 19.8. The van der Waals surface area contributed by atoms with Gasteiger partial charge in [-0.15, -0.1) is 22.7 Å². The third-order valence-corrected chi connectivity index (χ3v) is 9.90. The summed E-state index contributed by atoms with van der Waals surface area (Å²) in [5, 5.41) is 8.31. The molecule has 0 fully saturated rings. The van der Waals surface area contributed by atoms with Crippen molar-refractivity contribution >= 4 is 84.8 Å². The van der Waals surface area contributed by atoms with Crippen molar-refractivity contribution in [3.63, 3.8) is 0 Å². The zero-order valence-electron chi connectivity index (χ0n) is 21.1. The van der Waals surface area contributed by atoms with E-state index in [0.29, 0.717) is 5.82 Å². The number of fused-ring (bicyclic) bond motifs is 10. The van der Waals surface area contributed by atoms with Crippen molar-refractivity contribution in [2.45, 2.75) is 0 Å². The molecular formula is C35H19N3S2. The number of pyridine rings is 1. The fraction of sp³-hybridized carbons (Fsp3) is 0. The highest BCUT2D eigenvalue weighted by molar-refractivity contribution is 7.26. The molecular weight excluding hydrogens is 527 g/mol. The summed E-state index contributed by atoms with van der Waals surface area (Å²) in [7, 11) is 0. The minimum Gasteiger partial charge on any atom is -0.244 e. The number of thiophene rings is 2. The number of hydrogen-bond acceptors (Lipinski definition) is 5. The lowest BCUT2D eigenvalue weighted by molar-refractivity contribution is 1.21. The molecule has 0 amide bonds. The Bertz CT molecular complexity index is 2440. The number of para-hydroxylation sites is 1. The van der Waals surface area contributed by atoms with Gasteiger partial charge in [-0.05, 0) is 24.3 Å². The molecule has 9 aromatic rings. The van der Waals surface area contributed by atoms with E-state index in [4.69, 9.17) is 15.0 Å². The first-order valence-corrected chi connectivity index (χ1v) is 14.8. The van der Waals surface area contributed by atoms with Crippen LogP contribution in [0, 0.1) is 0 Å². The van der Waals surface area contributed by atoms with Crippen LogP contribution in [0.1, 0.15) is 0 Å². The monoisotopic (exact) mass is 545 g/mol. The molecule has 40 heavy (non-hydrogen) atoms. The van der Waals surface area contributed by atoms with Gasteiger partial charge in [-0.3, -0.25) is 0 Å². The molecule has 5 aromatic carbocycles. The van der Waals surface area contributed by atoms with Crippen molar-refractivity contribution in [3.05, 3.63) is 115 Å². The molecule has 0 saturated heterocycles. The lowest BCUT2D eigenvalue weighted by atomic mass is 9.98. The van der Waals surface area contributed by atoms with Gasteiger partial charge in [0, 0.05) is 57.4 Å². The van der Waals surface area contributed by atoms with Gasteiger partial charge in [-0.25, -0.2) is 15.0 Å². The fourth-order valence-corrected chi connectivity index (χ4v) is 8.15. The van der Waals surface area contributed by atoms with Crippen molar-refractivity contribution in [3.8, 4) is 22.8 Å². The molecule has 0 N–H and O–H groups in total. The first-order valence-electron chi connectivity index (χ1n) is 13.2. The molecule has 0 aliphatic rings. The van der Waals surface area contributed by atoms with Gasteiger partial charge in [-0.2, -0.15) is 0 Å². The van der Waals surface area contributed by atoms with E-state index in [1.807, 2.05) is 17.4 Å². The minimum atomic E-state index is 0.660. The molecule has 4 aromatic heterocycles. The SMILES string of the molecule is c1ccc(-c2nc(-c3nc4ccccc4c4c3ccc3sc5ccccc5c34)nc3sc4ccccc4c23)cc1. The zero-order chi connectivity index (χ0) is 26.2. The smallest absolute Gasteiger partial charge is 0.180 e. The van der Waals surface area contributed by atoms with E-state index < -0.39 is 0 Å². The Morgan fingerprint density at radius 1 is 0.400 bits per heavy atom. The van der Waals surface area contributed by atoms with Crippen LogP contribution >= 0.6 is 22.7 Å². The van der Waals surface area contributed by atoms with Crippen LogP contribution in [0.15, 0.2) is 115 Å². The van der Waals surface area contributed by atoms with E-state index in [2.05, 4.69) is 109 Å². The molecule has 0 unspecified atom stereocenters. The number of benzene rings is 5. The third-order valence-electron chi connectivity index (χ3n) is 7.70. The maximum Gasteiger partial charge on any atom is 0.180 e. The van der Waals surface area contributed by atoms with Crippen molar-refractivity contribution in [1.29, 1.82) is 0 Å². The summed E-state index contributed by atoms with van der Waals surface area (Å²) < 4.78 is 3.78. The molecule has 0 atom stereocenters. The van der Waals surface area contributed by atoms with Crippen LogP contribution in [0.4, 0.5) is 0 Å². The average Bonchev–Trinajstić information content (AvgIpc) is 3.59. The summed E-state index contributed by atoms with van der Waals surface area (Å²) in [6.07, 6.45) is 0. The fourth-order valence-electron chi connectivity index (χ4n) is 5.96. The van der Waals surface area contributed by atoms with Crippen molar-refractivity contribution < 1.29 is 0 Å². The lowest BCUT2D eigenvalue weighted by Crippen LogP contribution is -1.97. The number of hydrogen-bond donors (Lipinski definition) is 0. The normalized spacial score (nSPS) is 12.0. The highest BCUT2D eigenvalue weighted by Crippen LogP contribution is 2.44. The molecule has 9 rings (SSSR count). The average molecular weight is 546 g/mol. The zero-order valence-corrected chi connectivity index (χ0v) is 22.8. The molecule has 0 radical (unpaired) electrons. The van der Waals surface area contributed by atoms with Crippen LogP contribution in [0.3, 0.4) is 0 Å². The van der Waals surface area contributed by atoms with Gasteiger partial charge in [-0.1, -0.05) is 91.0 Å². The first kappa shape index (κ1) is 22.1. The van der Waals surface area contributed by atoms with Crippen LogP contribution in [0.5, 0.6) is 0 Å². The molecule has 0 bridgehead atoms. The largest absolute Gasteiger partial charge is 0.244 e. The number of rotatable bonds is 2. The Hall–Kier alpha value is -4.71. The molecule has 0 spiro atoms. The van der Waals surface area contributed by atoms with Gasteiger partial charge < -0.3 is 0 Å². The van der Waals surface area contributed by atoms with Crippen molar-refractivity contribution in [2.24, 2.45) is 0 Å². The Morgan fingerprint density at radius 2 is 1.07 bits per heavy atom. The Balaban J connectivity index is 1.46. The standard InChI is InChI=1S/C35H19N3S2/c1-2-10-20(11-3-1)32-31-23-14-6-9-17-27(23)40-35(31)38-34(37-32)33-24-18-19-28-30(22-13-5-8-16-26(22)39-28)29(24)21-12-4-7-15-25(21)36-33/h1-19H. The highest BCUT2D eigenvalue weighted by atomic mass is 32.1. The molecule has 0 aliphatic carbocycles. The third kappa shape index (κ3) is 3.13. The van der Waals surface area contributed by atoms with Crippen molar-refractivity contribution in [2.75, 3.05) is 0 Å².